The van der Waals surface area contributed by atoms with Gasteiger partial charge in [-0.15, -0.1) is 0 Å². The van der Waals surface area contributed by atoms with Crippen LogP contribution in [0.2, 0.25) is 5.02 Å². The molecule has 1 aliphatic heterocycles. The van der Waals surface area contributed by atoms with Gasteiger partial charge < -0.3 is 15.8 Å². The van der Waals surface area contributed by atoms with Crippen LogP contribution in [0.1, 0.15) is 30.9 Å². The van der Waals surface area contributed by atoms with Crippen LogP contribution < -0.4 is 15.8 Å². The first-order chi connectivity index (χ1) is 10.1. The smallest absolute Gasteiger partial charge is 0.237 e. The average Bonchev–Trinajstić information content (AvgIpc) is 2.66. The fraction of sp³-hybridized carbons (Fsp3) is 0.533. The molecule has 1 aromatic rings. The first-order valence-electron chi connectivity index (χ1n) is 7.09. The summed E-state index contributed by atoms with van der Waals surface area (Å²) in [6.07, 6.45) is 4.42. The minimum atomic E-state index is -0.461. The van der Waals surface area contributed by atoms with Gasteiger partial charge in [-0.05, 0) is 43.4 Å². The summed E-state index contributed by atoms with van der Waals surface area (Å²) in [4.78, 5) is 12.2. The third-order valence-electron chi connectivity index (χ3n) is 3.53. The number of halogens is 1. The van der Waals surface area contributed by atoms with Crippen molar-refractivity contribution in [2.24, 2.45) is 5.73 Å². The molecule has 2 rings (SSSR count). The van der Waals surface area contributed by atoms with Gasteiger partial charge in [-0.2, -0.15) is 11.8 Å². The van der Waals surface area contributed by atoms with E-state index < -0.39 is 6.04 Å². The van der Waals surface area contributed by atoms with Gasteiger partial charge in [0, 0.05) is 10.6 Å². The lowest BCUT2D eigenvalue weighted by atomic mass is 10.0. The Kier molecular flexibility index (Phi) is 6.21. The van der Waals surface area contributed by atoms with Crippen LogP contribution in [0.25, 0.3) is 0 Å². The molecule has 116 valence electrons. The molecule has 1 aromatic carbocycles. The van der Waals surface area contributed by atoms with Gasteiger partial charge in [0.15, 0.2) is 0 Å². The van der Waals surface area contributed by atoms with Crippen molar-refractivity contribution in [2.45, 2.75) is 31.3 Å². The van der Waals surface area contributed by atoms with Crippen LogP contribution in [0.5, 0.6) is 5.75 Å². The number of hydrogen-bond acceptors (Lipinski definition) is 4. The number of carbonyl (C=O) groups is 1. The average molecular weight is 329 g/mol. The highest BCUT2D eigenvalue weighted by Crippen LogP contribution is 2.33. The monoisotopic (exact) mass is 328 g/mol. The molecule has 0 aliphatic carbocycles. The number of carbonyl (C=O) groups excluding carboxylic acids is 1. The second-order valence-electron chi connectivity index (χ2n) is 5.12. The van der Waals surface area contributed by atoms with Crippen LogP contribution in [0, 0.1) is 0 Å². The zero-order chi connectivity index (χ0) is 15.2. The normalized spacial score (nSPS) is 19.1. The molecule has 0 saturated carbocycles. The fourth-order valence-corrected chi connectivity index (χ4v) is 3.00. The molecule has 0 radical (unpaired) electrons. The van der Waals surface area contributed by atoms with Crippen molar-refractivity contribution in [1.82, 2.24) is 5.32 Å². The number of benzene rings is 1. The van der Waals surface area contributed by atoms with Crippen molar-refractivity contribution in [1.29, 1.82) is 0 Å². The van der Waals surface area contributed by atoms with Crippen molar-refractivity contribution < 1.29 is 9.53 Å². The van der Waals surface area contributed by atoms with E-state index in [1.807, 2.05) is 18.4 Å². The maximum atomic E-state index is 12.2. The highest BCUT2D eigenvalue weighted by atomic mass is 35.5. The van der Waals surface area contributed by atoms with E-state index in [2.05, 4.69) is 5.32 Å². The molecule has 0 bridgehead atoms. The number of ether oxygens (including phenoxy) is 1. The van der Waals surface area contributed by atoms with Crippen molar-refractivity contribution in [3.8, 4) is 5.75 Å². The van der Waals surface area contributed by atoms with Gasteiger partial charge in [0.2, 0.25) is 5.91 Å². The Bertz CT molecular complexity index is 499. The summed E-state index contributed by atoms with van der Waals surface area (Å²) in [5.41, 5.74) is 6.90. The van der Waals surface area contributed by atoms with Crippen molar-refractivity contribution in [3.05, 3.63) is 28.8 Å². The third-order valence-corrected chi connectivity index (χ3v) is 4.41. The lowest BCUT2D eigenvalue weighted by Gasteiger charge is -2.21. The molecule has 0 saturated heterocycles. The summed E-state index contributed by atoms with van der Waals surface area (Å²) >= 11 is 7.69. The maximum Gasteiger partial charge on any atom is 0.237 e. The third kappa shape index (κ3) is 4.53. The Morgan fingerprint density at radius 1 is 1.62 bits per heavy atom. The van der Waals surface area contributed by atoms with Crippen LogP contribution in [0.3, 0.4) is 0 Å². The van der Waals surface area contributed by atoms with E-state index in [4.69, 9.17) is 22.1 Å². The molecule has 1 aliphatic rings. The number of fused-ring (bicyclic) bond motifs is 1. The summed E-state index contributed by atoms with van der Waals surface area (Å²) in [6.45, 7) is 0.637. The molecule has 0 fully saturated rings. The van der Waals surface area contributed by atoms with E-state index >= 15 is 0 Å². The second-order valence-corrected chi connectivity index (χ2v) is 6.54. The largest absolute Gasteiger partial charge is 0.493 e. The SMILES string of the molecule is CSCCC(N)C(=O)NC1CCCOc2cc(Cl)ccc21. The standard InChI is InChI=1S/C15H21ClN2O2S/c1-21-8-6-12(17)15(19)18-13-3-2-7-20-14-9-10(16)4-5-11(13)14/h4-5,9,12-13H,2-3,6-8,17H2,1H3,(H,18,19). The van der Waals surface area contributed by atoms with Gasteiger partial charge in [0.25, 0.3) is 0 Å². The fourth-order valence-electron chi connectivity index (χ4n) is 2.35. The summed E-state index contributed by atoms with van der Waals surface area (Å²) in [6, 6.07) is 5.02. The predicted octanol–water partition coefficient (Wildman–Crippen LogP) is 2.75. The number of nitrogens with one attached hydrogen (secondary N) is 1. The Balaban J connectivity index is 2.08. The van der Waals surface area contributed by atoms with E-state index in [1.165, 1.54) is 0 Å². The Labute approximate surface area is 134 Å². The van der Waals surface area contributed by atoms with E-state index in [0.717, 1.165) is 29.9 Å². The molecule has 1 heterocycles. The molecule has 2 atom stereocenters. The zero-order valence-corrected chi connectivity index (χ0v) is 13.7. The molecule has 21 heavy (non-hydrogen) atoms. The molecule has 2 unspecified atom stereocenters. The molecule has 4 nitrogen and oxygen atoms in total. The summed E-state index contributed by atoms with van der Waals surface area (Å²) in [7, 11) is 0. The van der Waals surface area contributed by atoms with Gasteiger partial charge in [0.1, 0.15) is 5.75 Å². The van der Waals surface area contributed by atoms with E-state index in [0.29, 0.717) is 18.1 Å². The van der Waals surface area contributed by atoms with E-state index in [9.17, 15) is 4.79 Å². The van der Waals surface area contributed by atoms with Gasteiger partial charge in [-0.25, -0.2) is 0 Å². The van der Waals surface area contributed by atoms with Gasteiger partial charge in [-0.1, -0.05) is 17.7 Å². The van der Waals surface area contributed by atoms with Crippen molar-refractivity contribution in [2.75, 3.05) is 18.6 Å². The number of thioether (sulfide) groups is 1. The van der Waals surface area contributed by atoms with E-state index in [1.54, 1.807) is 17.8 Å². The molecule has 0 spiro atoms. The Morgan fingerprint density at radius 3 is 3.19 bits per heavy atom. The van der Waals surface area contributed by atoms with Crippen LogP contribution in [-0.4, -0.2) is 30.6 Å². The molecular weight excluding hydrogens is 308 g/mol. The second kappa shape index (κ2) is 7.92. The Morgan fingerprint density at radius 2 is 2.43 bits per heavy atom. The van der Waals surface area contributed by atoms with Crippen LogP contribution in [-0.2, 0) is 4.79 Å². The first-order valence-corrected chi connectivity index (χ1v) is 8.86. The maximum absolute atomic E-state index is 12.2. The van der Waals surface area contributed by atoms with Crippen LogP contribution in [0.15, 0.2) is 18.2 Å². The minimum absolute atomic E-state index is 0.0624. The topological polar surface area (TPSA) is 64.4 Å². The molecule has 3 N–H and O–H groups in total. The highest BCUT2D eigenvalue weighted by Gasteiger charge is 2.23. The van der Waals surface area contributed by atoms with Crippen molar-refractivity contribution in [3.63, 3.8) is 0 Å². The quantitative estimate of drug-likeness (QED) is 0.872. The van der Waals surface area contributed by atoms with E-state index in [-0.39, 0.29) is 11.9 Å². The molecule has 0 aromatic heterocycles. The highest BCUT2D eigenvalue weighted by molar-refractivity contribution is 7.98. The summed E-state index contributed by atoms with van der Waals surface area (Å²) in [5.74, 6) is 1.54. The number of rotatable bonds is 5. The van der Waals surface area contributed by atoms with Crippen LogP contribution >= 0.6 is 23.4 Å². The number of amides is 1. The van der Waals surface area contributed by atoms with Crippen molar-refractivity contribution >= 4 is 29.3 Å². The first kappa shape index (κ1) is 16.5. The molecule has 6 heteroatoms. The number of nitrogens with two attached hydrogens (primary N) is 1. The Hall–Kier alpha value is -0.910. The zero-order valence-electron chi connectivity index (χ0n) is 12.1. The lowest BCUT2D eigenvalue weighted by molar-refractivity contribution is -0.123. The molecular formula is C15H21ClN2O2S. The van der Waals surface area contributed by atoms with Gasteiger partial charge in [-0.3, -0.25) is 4.79 Å². The number of hydrogen-bond donors (Lipinski definition) is 2. The summed E-state index contributed by atoms with van der Waals surface area (Å²) in [5, 5.41) is 3.68. The molecule has 1 amide bonds. The minimum Gasteiger partial charge on any atom is -0.493 e. The summed E-state index contributed by atoms with van der Waals surface area (Å²) < 4.78 is 5.70. The van der Waals surface area contributed by atoms with Crippen LogP contribution in [0.4, 0.5) is 0 Å². The van der Waals surface area contributed by atoms with Gasteiger partial charge in [0.05, 0.1) is 18.7 Å². The predicted molar refractivity (Wildman–Crippen MR) is 88.0 cm³/mol. The van der Waals surface area contributed by atoms with Gasteiger partial charge >= 0.3 is 0 Å². The lowest BCUT2D eigenvalue weighted by Crippen LogP contribution is -2.42.